The van der Waals surface area contributed by atoms with Gasteiger partial charge in [-0.05, 0) is 34.5 Å². The fraction of sp³-hybridized carbons (Fsp3) is 0.0476. The highest BCUT2D eigenvalue weighted by Crippen LogP contribution is 2.29. The second-order valence-corrected chi connectivity index (χ2v) is 6.21. The first-order valence-corrected chi connectivity index (χ1v) is 8.21. The second-order valence-electron chi connectivity index (χ2n) is 6.21. The monoisotopic (exact) mass is 325 g/mol. The molecule has 0 spiro atoms. The molecule has 3 aromatic carbocycles. The van der Waals surface area contributed by atoms with Gasteiger partial charge >= 0.3 is 0 Å². The molecule has 0 saturated heterocycles. The Morgan fingerprint density at radius 2 is 1.68 bits per heavy atom. The Morgan fingerprint density at radius 3 is 2.60 bits per heavy atom. The number of hydrogen-bond acceptors (Lipinski definition) is 3. The van der Waals surface area contributed by atoms with Crippen LogP contribution in [0.1, 0.15) is 11.1 Å². The van der Waals surface area contributed by atoms with Crippen molar-refractivity contribution in [3.8, 4) is 5.75 Å². The van der Waals surface area contributed by atoms with Gasteiger partial charge in [-0.3, -0.25) is 0 Å². The molecular formula is C21H15N3O. The summed E-state index contributed by atoms with van der Waals surface area (Å²) in [7, 11) is 0. The van der Waals surface area contributed by atoms with Gasteiger partial charge in [0.2, 0.25) is 0 Å². The number of aromatic hydroxyl groups is 1. The summed E-state index contributed by atoms with van der Waals surface area (Å²) in [5.74, 6) is 0.310. The van der Waals surface area contributed by atoms with E-state index in [0.29, 0.717) is 12.2 Å². The summed E-state index contributed by atoms with van der Waals surface area (Å²) in [5, 5.41) is 18.2. The van der Waals surface area contributed by atoms with Crippen LogP contribution in [0.2, 0.25) is 0 Å². The average Bonchev–Trinajstić information content (AvgIpc) is 3.02. The summed E-state index contributed by atoms with van der Waals surface area (Å²) in [5.41, 5.74) is 3.70. The summed E-state index contributed by atoms with van der Waals surface area (Å²) in [6.07, 6.45) is 4.46. The molecule has 25 heavy (non-hydrogen) atoms. The molecule has 0 aliphatic carbocycles. The molecule has 1 N–H and O–H groups in total. The van der Waals surface area contributed by atoms with Crippen molar-refractivity contribution in [3.63, 3.8) is 0 Å². The van der Waals surface area contributed by atoms with Gasteiger partial charge in [0.05, 0.1) is 5.52 Å². The number of benzene rings is 3. The number of nitrogens with zero attached hydrogens (tertiary/aromatic N) is 3. The minimum absolute atomic E-state index is 0.310. The van der Waals surface area contributed by atoms with Crippen LogP contribution in [0.5, 0.6) is 5.75 Å². The lowest BCUT2D eigenvalue weighted by atomic mass is 9.99. The molecule has 0 bridgehead atoms. The van der Waals surface area contributed by atoms with Gasteiger partial charge in [-0.15, -0.1) is 0 Å². The lowest BCUT2D eigenvalue weighted by Crippen LogP contribution is -1.97. The van der Waals surface area contributed by atoms with Gasteiger partial charge in [0.15, 0.2) is 5.65 Å². The van der Waals surface area contributed by atoms with E-state index in [4.69, 9.17) is 0 Å². The van der Waals surface area contributed by atoms with Gasteiger partial charge in [0.25, 0.3) is 0 Å². The van der Waals surface area contributed by atoms with Crippen LogP contribution in [-0.4, -0.2) is 19.7 Å². The van der Waals surface area contributed by atoms with Crippen molar-refractivity contribution in [2.75, 3.05) is 0 Å². The van der Waals surface area contributed by atoms with E-state index in [9.17, 15) is 5.11 Å². The number of fused-ring (bicyclic) bond motifs is 4. The van der Waals surface area contributed by atoms with Crippen molar-refractivity contribution >= 4 is 27.3 Å². The first-order valence-electron chi connectivity index (χ1n) is 8.21. The van der Waals surface area contributed by atoms with Crippen molar-refractivity contribution in [1.82, 2.24) is 14.6 Å². The van der Waals surface area contributed by atoms with E-state index < -0.39 is 0 Å². The van der Waals surface area contributed by atoms with Gasteiger partial charge in [-0.25, -0.2) is 9.50 Å². The maximum absolute atomic E-state index is 10.4. The maximum atomic E-state index is 10.4. The SMILES string of the molecule is Oc1ccc2ccccc2c1Cc1cnc2c3ccccc3nn2c1. The molecule has 5 rings (SSSR count). The van der Waals surface area contributed by atoms with E-state index in [2.05, 4.69) is 16.1 Å². The summed E-state index contributed by atoms with van der Waals surface area (Å²) in [6.45, 7) is 0. The van der Waals surface area contributed by atoms with Crippen molar-refractivity contribution in [2.45, 2.75) is 6.42 Å². The molecule has 4 heteroatoms. The average molecular weight is 325 g/mol. The van der Waals surface area contributed by atoms with E-state index in [-0.39, 0.29) is 0 Å². The molecule has 0 amide bonds. The molecular weight excluding hydrogens is 310 g/mol. The second kappa shape index (κ2) is 5.31. The molecule has 0 atom stereocenters. The van der Waals surface area contributed by atoms with Crippen LogP contribution in [0, 0.1) is 0 Å². The van der Waals surface area contributed by atoms with E-state index in [1.807, 2.05) is 65.4 Å². The van der Waals surface area contributed by atoms with Crippen molar-refractivity contribution in [2.24, 2.45) is 0 Å². The lowest BCUT2D eigenvalue weighted by molar-refractivity contribution is 0.470. The van der Waals surface area contributed by atoms with Gasteiger partial charge in [-0.1, -0.05) is 42.5 Å². The van der Waals surface area contributed by atoms with E-state index in [1.54, 1.807) is 6.07 Å². The first kappa shape index (κ1) is 14.0. The summed E-state index contributed by atoms with van der Waals surface area (Å²) >= 11 is 0. The van der Waals surface area contributed by atoms with Crippen molar-refractivity contribution in [3.05, 3.63) is 84.2 Å². The zero-order valence-electron chi connectivity index (χ0n) is 13.4. The summed E-state index contributed by atoms with van der Waals surface area (Å²) in [6, 6.07) is 19.8. The highest BCUT2D eigenvalue weighted by atomic mass is 16.3. The van der Waals surface area contributed by atoms with Crippen molar-refractivity contribution < 1.29 is 5.11 Å². The number of phenolic OH excluding ortho intramolecular Hbond substituents is 1. The molecule has 2 heterocycles. The minimum atomic E-state index is 0.310. The Hall–Kier alpha value is -3.40. The summed E-state index contributed by atoms with van der Waals surface area (Å²) in [4.78, 5) is 4.59. The molecule has 0 aliphatic heterocycles. The number of aromatic nitrogens is 3. The van der Waals surface area contributed by atoms with Gasteiger partial charge < -0.3 is 5.11 Å². The van der Waals surface area contributed by atoms with E-state index in [0.717, 1.165) is 38.4 Å². The Balaban J connectivity index is 1.65. The minimum Gasteiger partial charge on any atom is -0.508 e. The Morgan fingerprint density at radius 1 is 0.880 bits per heavy atom. The van der Waals surface area contributed by atoms with Gasteiger partial charge in [0.1, 0.15) is 5.75 Å². The van der Waals surface area contributed by atoms with Crippen LogP contribution >= 0.6 is 0 Å². The van der Waals surface area contributed by atoms with E-state index in [1.165, 1.54) is 0 Å². The third kappa shape index (κ3) is 2.22. The molecule has 0 saturated carbocycles. The molecule has 2 aromatic heterocycles. The molecule has 120 valence electrons. The van der Waals surface area contributed by atoms with Gasteiger partial charge in [-0.2, -0.15) is 5.10 Å². The fourth-order valence-electron chi connectivity index (χ4n) is 3.40. The third-order valence-corrected chi connectivity index (χ3v) is 4.61. The molecule has 0 fully saturated rings. The molecule has 4 nitrogen and oxygen atoms in total. The summed E-state index contributed by atoms with van der Waals surface area (Å²) < 4.78 is 1.82. The lowest BCUT2D eigenvalue weighted by Gasteiger charge is -2.09. The predicted octanol–water partition coefficient (Wildman–Crippen LogP) is 4.33. The molecule has 0 radical (unpaired) electrons. The predicted molar refractivity (Wildman–Crippen MR) is 98.9 cm³/mol. The van der Waals surface area contributed by atoms with Crippen LogP contribution in [0.4, 0.5) is 0 Å². The van der Waals surface area contributed by atoms with E-state index >= 15 is 0 Å². The third-order valence-electron chi connectivity index (χ3n) is 4.61. The standard InChI is InChI=1S/C21H15N3O/c25-20-10-9-15-5-1-2-6-16(15)18(20)11-14-12-22-21-17-7-3-4-8-19(17)23-24(21)13-14/h1-10,12-13,25H,11H2. The fourth-order valence-corrected chi connectivity index (χ4v) is 3.40. The highest BCUT2D eigenvalue weighted by molar-refractivity contribution is 5.92. The highest BCUT2D eigenvalue weighted by Gasteiger charge is 2.10. The largest absolute Gasteiger partial charge is 0.508 e. The van der Waals surface area contributed by atoms with Crippen LogP contribution in [0.3, 0.4) is 0 Å². The smallest absolute Gasteiger partial charge is 0.162 e. The Kier molecular flexibility index (Phi) is 2.97. The van der Waals surface area contributed by atoms with Crippen molar-refractivity contribution in [1.29, 1.82) is 0 Å². The normalized spacial score (nSPS) is 11.5. The number of hydrogen-bond donors (Lipinski definition) is 1. The topological polar surface area (TPSA) is 50.4 Å². The number of rotatable bonds is 2. The van der Waals surface area contributed by atoms with Gasteiger partial charge in [0, 0.05) is 29.8 Å². The zero-order chi connectivity index (χ0) is 16.8. The Bertz CT molecular complexity index is 1240. The quantitative estimate of drug-likeness (QED) is 0.525. The van der Waals surface area contributed by atoms with Crippen LogP contribution in [0.15, 0.2) is 73.1 Å². The maximum Gasteiger partial charge on any atom is 0.162 e. The molecule has 0 aliphatic rings. The number of phenols is 1. The zero-order valence-corrected chi connectivity index (χ0v) is 13.4. The van der Waals surface area contributed by atoms with Crippen LogP contribution in [0.25, 0.3) is 27.3 Å². The first-order chi connectivity index (χ1) is 12.3. The van der Waals surface area contributed by atoms with Crippen LogP contribution in [-0.2, 0) is 6.42 Å². The molecule has 0 unspecified atom stereocenters. The van der Waals surface area contributed by atoms with Crippen LogP contribution < -0.4 is 0 Å². The molecule has 5 aromatic rings. The Labute approximate surface area is 144 Å².